The molecule has 0 saturated carbocycles. The van der Waals surface area contributed by atoms with Crippen molar-refractivity contribution < 1.29 is 0 Å². The van der Waals surface area contributed by atoms with Crippen molar-refractivity contribution in [3.63, 3.8) is 0 Å². The number of hydrogen-bond donors (Lipinski definition) is 0. The molecule has 2 nitrogen and oxygen atoms in total. The van der Waals surface area contributed by atoms with Gasteiger partial charge in [-0.15, -0.1) is 11.3 Å². The van der Waals surface area contributed by atoms with Crippen molar-refractivity contribution >= 4 is 27.2 Å². The highest BCUT2D eigenvalue weighted by atomic mass is 32.1. The Balaban J connectivity index is 1.54. The van der Waals surface area contributed by atoms with Gasteiger partial charge < -0.3 is 0 Å². The summed E-state index contributed by atoms with van der Waals surface area (Å²) in [5.74, 6) is 1.56. The molecular weight excluding hydrogens is 312 g/mol. The molecule has 3 fully saturated rings. The number of quaternary nitrogens is 1. The largest absolute Gasteiger partial charge is 0.291 e. The summed E-state index contributed by atoms with van der Waals surface area (Å²) in [6.45, 7) is 5.99. The third kappa shape index (κ3) is 2.22. The normalized spacial score (nSPS) is 29.2. The fraction of sp³-hybridized carbons (Fsp3) is 0.381. The molecule has 1 aromatic heterocycles. The van der Waals surface area contributed by atoms with Gasteiger partial charge in [0.05, 0.1) is 34.9 Å². The fourth-order valence-corrected chi connectivity index (χ4v) is 5.84. The van der Waals surface area contributed by atoms with E-state index in [4.69, 9.17) is 0 Å². The Labute approximate surface area is 147 Å². The van der Waals surface area contributed by atoms with Crippen LogP contribution in [0.3, 0.4) is 0 Å². The standard InChI is InChI=1S/C21H23N2S/c1-15-22-20-8-7-17(13-21(20)24-15)19-14-23(11-9-16(19)10-12-23)18-5-3-2-4-6-18/h2-8,13,16,19H,9-12,14H2,1H3/q+1. The first-order valence-corrected chi connectivity index (χ1v) is 9.84. The molecule has 2 aromatic carbocycles. The van der Waals surface area contributed by atoms with Crippen molar-refractivity contribution in [2.45, 2.75) is 25.7 Å². The highest BCUT2D eigenvalue weighted by Crippen LogP contribution is 2.46. The summed E-state index contributed by atoms with van der Waals surface area (Å²) in [4.78, 5) is 4.62. The smallest absolute Gasteiger partial charge is 0.132 e. The lowest BCUT2D eigenvalue weighted by Gasteiger charge is -2.52. The Morgan fingerprint density at radius 1 is 1.04 bits per heavy atom. The minimum absolute atomic E-state index is 0.694. The van der Waals surface area contributed by atoms with Crippen LogP contribution < -0.4 is 4.48 Å². The molecule has 3 aliphatic rings. The molecular formula is C21H23N2S+. The van der Waals surface area contributed by atoms with E-state index in [1.807, 2.05) is 11.3 Å². The van der Waals surface area contributed by atoms with Crippen molar-refractivity contribution in [3.8, 4) is 0 Å². The first-order chi connectivity index (χ1) is 11.7. The van der Waals surface area contributed by atoms with E-state index in [0.717, 1.165) is 11.4 Å². The van der Waals surface area contributed by atoms with E-state index in [9.17, 15) is 0 Å². The average Bonchev–Trinajstić information content (AvgIpc) is 3.02. The molecule has 0 radical (unpaired) electrons. The Morgan fingerprint density at radius 2 is 1.83 bits per heavy atom. The number of piperidine rings is 3. The number of aryl methyl sites for hydroxylation is 1. The van der Waals surface area contributed by atoms with E-state index in [1.54, 1.807) is 0 Å². The van der Waals surface area contributed by atoms with Crippen LogP contribution in [0.2, 0.25) is 0 Å². The van der Waals surface area contributed by atoms with Crippen molar-refractivity contribution in [1.82, 2.24) is 9.47 Å². The summed E-state index contributed by atoms with van der Waals surface area (Å²) >= 11 is 1.83. The summed E-state index contributed by atoms with van der Waals surface area (Å²) in [5.41, 5.74) is 4.21. The number of fused-ring (bicyclic) bond motifs is 4. The van der Waals surface area contributed by atoms with Crippen LogP contribution in [0.4, 0.5) is 5.69 Å². The predicted octanol–water partition coefficient (Wildman–Crippen LogP) is 5.12. The fourth-order valence-electron chi connectivity index (χ4n) is 4.97. The van der Waals surface area contributed by atoms with Gasteiger partial charge in [-0.3, -0.25) is 4.48 Å². The zero-order chi connectivity index (χ0) is 16.1. The van der Waals surface area contributed by atoms with Gasteiger partial charge in [-0.2, -0.15) is 0 Å². The Bertz CT molecular complexity index is 875. The number of thiazole rings is 1. The van der Waals surface area contributed by atoms with Gasteiger partial charge in [-0.25, -0.2) is 4.98 Å². The van der Waals surface area contributed by atoms with Crippen LogP contribution in [-0.2, 0) is 0 Å². The van der Waals surface area contributed by atoms with Gasteiger partial charge in [0, 0.05) is 18.8 Å². The monoisotopic (exact) mass is 335 g/mol. The highest BCUT2D eigenvalue weighted by molar-refractivity contribution is 7.18. The molecule has 1 unspecified atom stereocenters. The quantitative estimate of drug-likeness (QED) is 0.592. The van der Waals surface area contributed by atoms with Crippen molar-refractivity contribution in [1.29, 1.82) is 0 Å². The minimum Gasteiger partial charge on any atom is -0.291 e. The lowest BCUT2D eigenvalue weighted by atomic mass is 9.73. The van der Waals surface area contributed by atoms with Crippen molar-refractivity contribution in [3.05, 3.63) is 59.1 Å². The van der Waals surface area contributed by atoms with E-state index >= 15 is 0 Å². The number of benzene rings is 2. The molecule has 3 aliphatic heterocycles. The van der Waals surface area contributed by atoms with Crippen molar-refractivity contribution in [2.24, 2.45) is 5.92 Å². The topological polar surface area (TPSA) is 12.9 Å². The van der Waals surface area contributed by atoms with Gasteiger partial charge in [0.25, 0.3) is 0 Å². The molecule has 4 heterocycles. The van der Waals surface area contributed by atoms with Crippen LogP contribution in [0.1, 0.15) is 29.3 Å². The molecule has 0 aliphatic carbocycles. The van der Waals surface area contributed by atoms with Gasteiger partial charge in [-0.1, -0.05) is 24.3 Å². The van der Waals surface area contributed by atoms with Crippen LogP contribution in [0.5, 0.6) is 0 Å². The maximum absolute atomic E-state index is 4.62. The van der Waals surface area contributed by atoms with E-state index in [1.165, 1.54) is 57.9 Å². The van der Waals surface area contributed by atoms with Gasteiger partial charge in [0.2, 0.25) is 0 Å². The second-order valence-corrected chi connectivity index (χ2v) is 8.75. The molecule has 3 aromatic rings. The van der Waals surface area contributed by atoms with E-state index in [2.05, 4.69) is 60.4 Å². The van der Waals surface area contributed by atoms with Gasteiger partial charge in [-0.05, 0) is 42.7 Å². The summed E-state index contributed by atoms with van der Waals surface area (Å²) in [6.07, 6.45) is 2.72. The van der Waals surface area contributed by atoms with Crippen LogP contribution in [0.15, 0.2) is 48.5 Å². The Kier molecular flexibility index (Phi) is 3.29. The second-order valence-electron chi connectivity index (χ2n) is 7.51. The average molecular weight is 335 g/mol. The minimum atomic E-state index is 0.694. The summed E-state index contributed by atoms with van der Waals surface area (Å²) in [5, 5.41) is 1.17. The number of nitrogens with zero attached hydrogens (tertiary/aromatic N) is 2. The van der Waals surface area contributed by atoms with Crippen LogP contribution in [-0.4, -0.2) is 24.6 Å². The van der Waals surface area contributed by atoms with Gasteiger partial charge in [0.1, 0.15) is 5.69 Å². The third-order valence-electron chi connectivity index (χ3n) is 6.22. The molecule has 3 saturated heterocycles. The Morgan fingerprint density at radius 3 is 2.62 bits per heavy atom. The molecule has 24 heavy (non-hydrogen) atoms. The number of hydrogen-bond acceptors (Lipinski definition) is 2. The third-order valence-corrected chi connectivity index (χ3v) is 7.16. The van der Waals surface area contributed by atoms with Gasteiger partial charge in [0.15, 0.2) is 0 Å². The summed E-state index contributed by atoms with van der Waals surface area (Å²) in [7, 11) is 0. The zero-order valence-corrected chi connectivity index (χ0v) is 14.9. The molecule has 0 N–H and O–H groups in total. The van der Waals surface area contributed by atoms with E-state index in [0.29, 0.717) is 5.92 Å². The number of rotatable bonds is 2. The maximum Gasteiger partial charge on any atom is 0.132 e. The summed E-state index contributed by atoms with van der Waals surface area (Å²) in [6, 6.07) is 18.2. The first kappa shape index (κ1) is 14.6. The predicted molar refractivity (Wildman–Crippen MR) is 103 cm³/mol. The molecule has 2 bridgehead atoms. The molecule has 0 spiro atoms. The van der Waals surface area contributed by atoms with E-state index in [-0.39, 0.29) is 0 Å². The Hall–Kier alpha value is -1.71. The number of aromatic nitrogens is 1. The molecule has 0 amide bonds. The second kappa shape index (κ2) is 5.40. The molecule has 6 rings (SSSR count). The van der Waals surface area contributed by atoms with Crippen molar-refractivity contribution in [2.75, 3.05) is 19.6 Å². The maximum atomic E-state index is 4.62. The molecule has 3 heteroatoms. The highest BCUT2D eigenvalue weighted by Gasteiger charge is 2.47. The molecule has 1 atom stereocenters. The van der Waals surface area contributed by atoms with Crippen LogP contribution >= 0.6 is 11.3 Å². The summed E-state index contributed by atoms with van der Waals surface area (Å²) < 4.78 is 2.54. The van der Waals surface area contributed by atoms with Gasteiger partial charge >= 0.3 is 0 Å². The lowest BCUT2D eigenvalue weighted by molar-refractivity contribution is 0.0907. The first-order valence-electron chi connectivity index (χ1n) is 9.02. The van der Waals surface area contributed by atoms with Crippen LogP contribution in [0.25, 0.3) is 10.2 Å². The SMILES string of the molecule is Cc1nc2ccc(C3C[N+]4(c5ccccc5)CCC3CC4)cc2s1. The van der Waals surface area contributed by atoms with E-state index < -0.39 is 0 Å². The number of para-hydroxylation sites is 1. The zero-order valence-electron chi connectivity index (χ0n) is 14.1. The van der Waals surface area contributed by atoms with Crippen LogP contribution in [0, 0.1) is 12.8 Å². The lowest BCUT2D eigenvalue weighted by Crippen LogP contribution is -2.62. The molecule has 122 valence electrons.